The van der Waals surface area contributed by atoms with Gasteiger partial charge in [-0.15, -0.1) is 12.4 Å². The zero-order valence-electron chi connectivity index (χ0n) is 17.4. The molecule has 1 saturated carbocycles. The van der Waals surface area contributed by atoms with Crippen LogP contribution < -0.4 is 20.1 Å². The van der Waals surface area contributed by atoms with Gasteiger partial charge in [-0.2, -0.15) is 0 Å². The molecular weight excluding hydrogens is 388 g/mol. The van der Waals surface area contributed by atoms with Crippen molar-refractivity contribution in [2.24, 2.45) is 5.92 Å². The van der Waals surface area contributed by atoms with Crippen LogP contribution in [0.15, 0.2) is 42.5 Å². The number of nitrogens with one attached hydrogen (secondary N) is 2. The molecule has 1 aliphatic carbocycles. The smallest absolute Gasteiger partial charge is 0.234 e. The Morgan fingerprint density at radius 2 is 1.83 bits per heavy atom. The highest BCUT2D eigenvalue weighted by molar-refractivity contribution is 5.85. The first-order valence-corrected chi connectivity index (χ1v) is 9.87. The Morgan fingerprint density at radius 3 is 2.48 bits per heavy atom. The fraction of sp³-hybridized carbons (Fsp3) is 0.435. The molecule has 158 valence electrons. The van der Waals surface area contributed by atoms with Crippen LogP contribution in [-0.2, 0) is 11.2 Å². The first-order valence-electron chi connectivity index (χ1n) is 9.87. The third-order valence-electron chi connectivity index (χ3n) is 5.25. The number of carbonyl (C=O) groups excluding carboxylic acids is 1. The molecule has 6 heteroatoms. The Balaban J connectivity index is 0.00000300. The van der Waals surface area contributed by atoms with Gasteiger partial charge in [0.1, 0.15) is 0 Å². The summed E-state index contributed by atoms with van der Waals surface area (Å²) in [5.74, 6) is 2.10. The summed E-state index contributed by atoms with van der Waals surface area (Å²) in [6, 6.07) is 14.0. The number of hydrogen-bond donors (Lipinski definition) is 2. The molecular formula is C23H31ClN2O3. The molecule has 1 amide bonds. The van der Waals surface area contributed by atoms with Gasteiger partial charge < -0.3 is 20.1 Å². The molecule has 2 aromatic carbocycles. The summed E-state index contributed by atoms with van der Waals surface area (Å²) in [4.78, 5) is 12.6. The maximum atomic E-state index is 12.6. The SMILES string of the molecule is COc1ccc(C(Cc2ccccc2C)NC(=O)CNCC2CC2)cc1OC.Cl. The maximum absolute atomic E-state index is 12.6. The Morgan fingerprint density at radius 1 is 1.10 bits per heavy atom. The summed E-state index contributed by atoms with van der Waals surface area (Å²) < 4.78 is 10.8. The van der Waals surface area contributed by atoms with E-state index in [1.165, 1.54) is 24.0 Å². The lowest BCUT2D eigenvalue weighted by Gasteiger charge is -2.22. The van der Waals surface area contributed by atoms with Gasteiger partial charge >= 0.3 is 0 Å². The van der Waals surface area contributed by atoms with Gasteiger partial charge in [0.15, 0.2) is 11.5 Å². The van der Waals surface area contributed by atoms with E-state index in [-0.39, 0.29) is 24.4 Å². The van der Waals surface area contributed by atoms with Crippen molar-refractivity contribution in [1.29, 1.82) is 0 Å². The van der Waals surface area contributed by atoms with Gasteiger partial charge in [-0.25, -0.2) is 0 Å². The fourth-order valence-electron chi connectivity index (χ4n) is 3.34. The second-order valence-corrected chi connectivity index (χ2v) is 7.44. The van der Waals surface area contributed by atoms with E-state index >= 15 is 0 Å². The van der Waals surface area contributed by atoms with Crippen molar-refractivity contribution >= 4 is 18.3 Å². The summed E-state index contributed by atoms with van der Waals surface area (Å²) in [6.07, 6.45) is 3.27. The number of methoxy groups -OCH3 is 2. The molecule has 0 aliphatic heterocycles. The lowest BCUT2D eigenvalue weighted by atomic mass is 9.95. The molecule has 0 saturated heterocycles. The minimum absolute atomic E-state index is 0. The van der Waals surface area contributed by atoms with Crippen LogP contribution in [0.1, 0.15) is 35.6 Å². The van der Waals surface area contributed by atoms with Gasteiger partial charge in [0, 0.05) is 0 Å². The van der Waals surface area contributed by atoms with Crippen molar-refractivity contribution in [3.05, 3.63) is 59.2 Å². The first kappa shape index (κ1) is 23.0. The topological polar surface area (TPSA) is 59.6 Å². The number of rotatable bonds is 10. The van der Waals surface area contributed by atoms with E-state index in [9.17, 15) is 4.79 Å². The van der Waals surface area contributed by atoms with Gasteiger partial charge in [-0.1, -0.05) is 30.3 Å². The number of benzene rings is 2. The molecule has 1 fully saturated rings. The number of aryl methyl sites for hydroxylation is 1. The Bertz CT molecular complexity index is 808. The average molecular weight is 419 g/mol. The minimum Gasteiger partial charge on any atom is -0.493 e. The Labute approximate surface area is 179 Å². The van der Waals surface area contributed by atoms with E-state index in [1.807, 2.05) is 30.3 Å². The van der Waals surface area contributed by atoms with Gasteiger partial charge in [0.2, 0.25) is 5.91 Å². The third-order valence-corrected chi connectivity index (χ3v) is 5.25. The number of halogens is 1. The van der Waals surface area contributed by atoms with Crippen molar-refractivity contribution < 1.29 is 14.3 Å². The molecule has 29 heavy (non-hydrogen) atoms. The maximum Gasteiger partial charge on any atom is 0.234 e. The van der Waals surface area contributed by atoms with Crippen LogP contribution in [0.25, 0.3) is 0 Å². The molecule has 3 rings (SSSR count). The number of amides is 1. The highest BCUT2D eigenvalue weighted by atomic mass is 35.5. The lowest BCUT2D eigenvalue weighted by Crippen LogP contribution is -2.37. The number of carbonyl (C=O) groups is 1. The molecule has 1 atom stereocenters. The monoisotopic (exact) mass is 418 g/mol. The van der Waals surface area contributed by atoms with Gasteiger partial charge in [-0.05, 0) is 67.5 Å². The van der Waals surface area contributed by atoms with E-state index in [1.54, 1.807) is 14.2 Å². The molecule has 0 spiro atoms. The van der Waals surface area contributed by atoms with Crippen LogP contribution in [-0.4, -0.2) is 33.2 Å². The summed E-state index contributed by atoms with van der Waals surface area (Å²) in [5.41, 5.74) is 3.43. The second-order valence-electron chi connectivity index (χ2n) is 7.44. The molecule has 1 aliphatic rings. The molecule has 0 bridgehead atoms. The van der Waals surface area contributed by atoms with Crippen LogP contribution in [0.4, 0.5) is 0 Å². The molecule has 0 aromatic heterocycles. The van der Waals surface area contributed by atoms with Gasteiger partial charge in [-0.3, -0.25) is 4.79 Å². The lowest BCUT2D eigenvalue weighted by molar-refractivity contribution is -0.121. The quantitative estimate of drug-likeness (QED) is 0.615. The third kappa shape index (κ3) is 6.65. The van der Waals surface area contributed by atoms with Crippen molar-refractivity contribution in [1.82, 2.24) is 10.6 Å². The van der Waals surface area contributed by atoms with Crippen LogP contribution in [0.3, 0.4) is 0 Å². The van der Waals surface area contributed by atoms with E-state index in [0.717, 1.165) is 24.4 Å². The van der Waals surface area contributed by atoms with E-state index in [2.05, 4.69) is 29.7 Å². The molecule has 0 heterocycles. The van der Waals surface area contributed by atoms with E-state index in [0.29, 0.717) is 18.0 Å². The van der Waals surface area contributed by atoms with Crippen LogP contribution in [0.2, 0.25) is 0 Å². The predicted molar refractivity (Wildman–Crippen MR) is 118 cm³/mol. The van der Waals surface area contributed by atoms with Crippen LogP contribution >= 0.6 is 12.4 Å². The second kappa shape index (κ2) is 11.1. The van der Waals surface area contributed by atoms with Gasteiger partial charge in [0.25, 0.3) is 0 Å². The highest BCUT2D eigenvalue weighted by Crippen LogP contribution is 2.31. The summed E-state index contributed by atoms with van der Waals surface area (Å²) in [6.45, 7) is 3.36. The predicted octanol–water partition coefficient (Wildman–Crippen LogP) is 3.83. The average Bonchev–Trinajstić information content (AvgIpc) is 3.53. The van der Waals surface area contributed by atoms with Gasteiger partial charge in [0.05, 0.1) is 26.8 Å². The normalized spacial score (nSPS) is 13.9. The largest absolute Gasteiger partial charge is 0.493 e. The zero-order chi connectivity index (χ0) is 19.9. The number of ether oxygens (including phenoxy) is 2. The van der Waals surface area contributed by atoms with E-state index < -0.39 is 0 Å². The zero-order valence-corrected chi connectivity index (χ0v) is 18.2. The summed E-state index contributed by atoms with van der Waals surface area (Å²) >= 11 is 0. The number of hydrogen-bond acceptors (Lipinski definition) is 4. The van der Waals surface area contributed by atoms with Crippen molar-refractivity contribution in [3.8, 4) is 11.5 Å². The van der Waals surface area contributed by atoms with Crippen molar-refractivity contribution in [2.75, 3.05) is 27.3 Å². The Kier molecular flexibility index (Phi) is 8.80. The van der Waals surface area contributed by atoms with Crippen LogP contribution in [0.5, 0.6) is 11.5 Å². The molecule has 2 aromatic rings. The fourth-order valence-corrected chi connectivity index (χ4v) is 3.34. The Hall–Kier alpha value is -2.24. The van der Waals surface area contributed by atoms with Crippen molar-refractivity contribution in [2.45, 2.75) is 32.2 Å². The van der Waals surface area contributed by atoms with E-state index in [4.69, 9.17) is 9.47 Å². The first-order chi connectivity index (χ1) is 13.6. The molecule has 0 radical (unpaired) electrons. The summed E-state index contributed by atoms with van der Waals surface area (Å²) in [5, 5.41) is 6.46. The highest BCUT2D eigenvalue weighted by Gasteiger charge is 2.22. The molecule has 1 unspecified atom stereocenters. The minimum atomic E-state index is -0.142. The van der Waals surface area contributed by atoms with Crippen LogP contribution in [0, 0.1) is 12.8 Å². The van der Waals surface area contributed by atoms with Crippen molar-refractivity contribution in [3.63, 3.8) is 0 Å². The standard InChI is InChI=1S/C23H30N2O3.ClH/c1-16-6-4-5-7-18(16)12-20(25-23(26)15-24-14-17-8-9-17)19-10-11-21(27-2)22(13-19)28-3;/h4-7,10-11,13,17,20,24H,8-9,12,14-15H2,1-3H3,(H,25,26);1H. The summed E-state index contributed by atoms with van der Waals surface area (Å²) in [7, 11) is 3.24. The molecule has 2 N–H and O–H groups in total. The molecule has 5 nitrogen and oxygen atoms in total.